The van der Waals surface area contributed by atoms with Crippen LogP contribution in [-0.2, 0) is 10.2 Å². The standard InChI is InChI=1S/C14H29N3O2S/c1-14(8-4-2-5-9-14)12-16-20(18,19)17-10-6-3-7-13(17)11-15/h13,16H,2-12,15H2,1H3. The summed E-state index contributed by atoms with van der Waals surface area (Å²) in [7, 11) is -3.38. The fourth-order valence-corrected chi connectivity index (χ4v) is 5.11. The molecule has 1 saturated carbocycles. The van der Waals surface area contributed by atoms with Gasteiger partial charge in [-0.1, -0.05) is 32.6 Å². The van der Waals surface area contributed by atoms with Gasteiger partial charge in [0, 0.05) is 25.7 Å². The summed E-state index contributed by atoms with van der Waals surface area (Å²) >= 11 is 0. The molecule has 2 aliphatic rings. The maximum atomic E-state index is 12.5. The van der Waals surface area contributed by atoms with E-state index in [1.54, 1.807) is 4.31 Å². The Morgan fingerprint density at radius 1 is 1.20 bits per heavy atom. The second kappa shape index (κ2) is 6.73. The maximum absolute atomic E-state index is 12.5. The van der Waals surface area contributed by atoms with E-state index in [1.165, 1.54) is 19.3 Å². The Hall–Kier alpha value is -0.170. The Morgan fingerprint density at radius 2 is 1.90 bits per heavy atom. The SMILES string of the molecule is CC1(CNS(=O)(=O)N2CCCCC2CN)CCCCC1. The predicted octanol–water partition coefficient (Wildman–Crippen LogP) is 1.60. The molecule has 1 saturated heterocycles. The van der Waals surface area contributed by atoms with Gasteiger partial charge in [-0.25, -0.2) is 4.72 Å². The van der Waals surface area contributed by atoms with Gasteiger partial charge in [0.05, 0.1) is 0 Å². The average Bonchev–Trinajstić information content (AvgIpc) is 2.46. The van der Waals surface area contributed by atoms with Gasteiger partial charge in [-0.3, -0.25) is 0 Å². The molecular formula is C14H29N3O2S. The summed E-state index contributed by atoms with van der Waals surface area (Å²) in [6.07, 6.45) is 8.85. The fourth-order valence-electron chi connectivity index (χ4n) is 3.46. The van der Waals surface area contributed by atoms with Crippen molar-refractivity contribution < 1.29 is 8.42 Å². The smallest absolute Gasteiger partial charge is 0.279 e. The van der Waals surface area contributed by atoms with Crippen LogP contribution in [0.2, 0.25) is 0 Å². The first kappa shape index (κ1) is 16.2. The highest BCUT2D eigenvalue weighted by Crippen LogP contribution is 2.35. The summed E-state index contributed by atoms with van der Waals surface area (Å²) in [5.74, 6) is 0. The van der Waals surface area contributed by atoms with Crippen LogP contribution in [0.15, 0.2) is 0 Å². The van der Waals surface area contributed by atoms with Crippen molar-refractivity contribution in [2.45, 2.75) is 64.3 Å². The number of nitrogens with two attached hydrogens (primary N) is 1. The normalized spacial score (nSPS) is 28.4. The second-order valence-electron chi connectivity index (χ2n) is 6.69. The Kier molecular flexibility index (Phi) is 5.45. The van der Waals surface area contributed by atoms with Gasteiger partial charge in [0.2, 0.25) is 0 Å². The summed E-state index contributed by atoms with van der Waals surface area (Å²) < 4.78 is 29.4. The molecule has 1 aliphatic carbocycles. The number of hydrogen-bond donors (Lipinski definition) is 2. The van der Waals surface area contributed by atoms with E-state index in [0.29, 0.717) is 19.6 Å². The molecule has 1 atom stereocenters. The molecule has 0 bridgehead atoms. The van der Waals surface area contributed by atoms with Crippen molar-refractivity contribution in [2.24, 2.45) is 11.1 Å². The molecule has 0 aromatic heterocycles. The Bertz CT molecular complexity index is 405. The molecular weight excluding hydrogens is 274 g/mol. The molecule has 118 valence electrons. The molecule has 2 rings (SSSR count). The fraction of sp³-hybridized carbons (Fsp3) is 1.00. The van der Waals surface area contributed by atoms with Crippen LogP contribution in [0.4, 0.5) is 0 Å². The number of nitrogens with zero attached hydrogens (tertiary/aromatic N) is 1. The van der Waals surface area contributed by atoms with Crippen LogP contribution in [0, 0.1) is 5.41 Å². The van der Waals surface area contributed by atoms with Crippen LogP contribution in [0.25, 0.3) is 0 Å². The first-order valence-electron chi connectivity index (χ1n) is 7.93. The van der Waals surface area contributed by atoms with Gasteiger partial charge in [-0.2, -0.15) is 12.7 Å². The highest BCUT2D eigenvalue weighted by molar-refractivity contribution is 7.87. The highest BCUT2D eigenvalue weighted by Gasteiger charge is 2.34. The minimum atomic E-state index is -3.38. The van der Waals surface area contributed by atoms with E-state index in [-0.39, 0.29) is 11.5 Å². The van der Waals surface area contributed by atoms with Crippen LogP contribution < -0.4 is 10.5 Å². The van der Waals surface area contributed by atoms with Gasteiger partial charge in [-0.15, -0.1) is 0 Å². The van der Waals surface area contributed by atoms with E-state index < -0.39 is 10.2 Å². The lowest BCUT2D eigenvalue weighted by molar-refractivity contribution is 0.212. The van der Waals surface area contributed by atoms with Gasteiger partial charge >= 0.3 is 0 Å². The third kappa shape index (κ3) is 3.93. The minimum Gasteiger partial charge on any atom is -0.329 e. The maximum Gasteiger partial charge on any atom is 0.279 e. The lowest BCUT2D eigenvalue weighted by Crippen LogP contribution is -2.53. The van der Waals surface area contributed by atoms with E-state index in [9.17, 15) is 8.42 Å². The van der Waals surface area contributed by atoms with Crippen molar-refractivity contribution >= 4 is 10.2 Å². The Labute approximate surface area is 123 Å². The zero-order valence-electron chi connectivity index (χ0n) is 12.6. The molecule has 1 aliphatic heterocycles. The van der Waals surface area contributed by atoms with Crippen molar-refractivity contribution in [2.75, 3.05) is 19.6 Å². The quantitative estimate of drug-likeness (QED) is 0.810. The van der Waals surface area contributed by atoms with Crippen LogP contribution in [0.5, 0.6) is 0 Å². The summed E-state index contributed by atoms with van der Waals surface area (Å²) in [4.78, 5) is 0. The monoisotopic (exact) mass is 303 g/mol. The zero-order chi connectivity index (χ0) is 14.6. The highest BCUT2D eigenvalue weighted by atomic mass is 32.2. The molecule has 0 radical (unpaired) electrons. The third-order valence-corrected chi connectivity index (χ3v) is 6.50. The van der Waals surface area contributed by atoms with E-state index in [2.05, 4.69) is 11.6 Å². The summed E-state index contributed by atoms with van der Waals surface area (Å²) in [5, 5.41) is 0. The van der Waals surface area contributed by atoms with Gasteiger partial charge in [0.25, 0.3) is 10.2 Å². The van der Waals surface area contributed by atoms with E-state index in [0.717, 1.165) is 32.1 Å². The molecule has 6 heteroatoms. The Balaban J connectivity index is 1.95. The molecule has 5 nitrogen and oxygen atoms in total. The molecule has 0 aromatic rings. The van der Waals surface area contributed by atoms with E-state index in [1.807, 2.05) is 0 Å². The number of rotatable bonds is 5. The van der Waals surface area contributed by atoms with Crippen molar-refractivity contribution in [1.82, 2.24) is 9.03 Å². The summed E-state index contributed by atoms with van der Waals surface area (Å²) in [6, 6.07) is -0.0274. The Morgan fingerprint density at radius 3 is 2.55 bits per heavy atom. The zero-order valence-corrected chi connectivity index (χ0v) is 13.4. The predicted molar refractivity (Wildman–Crippen MR) is 81.5 cm³/mol. The van der Waals surface area contributed by atoms with Gasteiger partial charge in [-0.05, 0) is 31.1 Å². The van der Waals surface area contributed by atoms with E-state index >= 15 is 0 Å². The first-order valence-corrected chi connectivity index (χ1v) is 9.37. The largest absolute Gasteiger partial charge is 0.329 e. The minimum absolute atomic E-state index is 0.0274. The van der Waals surface area contributed by atoms with Crippen molar-refractivity contribution in [3.05, 3.63) is 0 Å². The molecule has 3 N–H and O–H groups in total. The molecule has 0 amide bonds. The first-order chi connectivity index (χ1) is 9.47. The van der Waals surface area contributed by atoms with Crippen LogP contribution in [0.1, 0.15) is 58.3 Å². The lowest BCUT2D eigenvalue weighted by atomic mass is 9.76. The lowest BCUT2D eigenvalue weighted by Gasteiger charge is -2.37. The van der Waals surface area contributed by atoms with Crippen LogP contribution in [0.3, 0.4) is 0 Å². The number of piperidine rings is 1. The summed E-state index contributed by atoms with van der Waals surface area (Å²) in [6.45, 7) is 3.78. The van der Waals surface area contributed by atoms with Crippen molar-refractivity contribution in [3.63, 3.8) is 0 Å². The topological polar surface area (TPSA) is 75.4 Å². The third-order valence-electron chi connectivity index (χ3n) is 4.90. The molecule has 2 fully saturated rings. The van der Waals surface area contributed by atoms with E-state index in [4.69, 9.17) is 5.73 Å². The molecule has 0 aromatic carbocycles. The van der Waals surface area contributed by atoms with Gasteiger partial charge in [0.15, 0.2) is 0 Å². The molecule has 0 spiro atoms. The van der Waals surface area contributed by atoms with Gasteiger partial charge in [0.1, 0.15) is 0 Å². The molecule has 20 heavy (non-hydrogen) atoms. The average molecular weight is 303 g/mol. The summed E-state index contributed by atoms with van der Waals surface area (Å²) in [5.41, 5.74) is 5.85. The molecule has 1 heterocycles. The number of hydrogen-bond acceptors (Lipinski definition) is 3. The second-order valence-corrected chi connectivity index (χ2v) is 8.40. The van der Waals surface area contributed by atoms with Crippen molar-refractivity contribution in [1.29, 1.82) is 0 Å². The molecule has 1 unspecified atom stereocenters. The van der Waals surface area contributed by atoms with Gasteiger partial charge < -0.3 is 5.73 Å². The van der Waals surface area contributed by atoms with Crippen LogP contribution >= 0.6 is 0 Å². The van der Waals surface area contributed by atoms with Crippen LogP contribution in [-0.4, -0.2) is 38.4 Å². The number of nitrogens with one attached hydrogen (secondary N) is 1. The van der Waals surface area contributed by atoms with Crippen molar-refractivity contribution in [3.8, 4) is 0 Å².